The van der Waals surface area contributed by atoms with Crippen molar-refractivity contribution in [3.05, 3.63) is 89.5 Å². The Morgan fingerprint density at radius 1 is 1.00 bits per heavy atom. The molecule has 2 aliphatic rings. The van der Waals surface area contributed by atoms with E-state index in [2.05, 4.69) is 37.1 Å². The number of aromatic carboxylic acids is 1. The molecule has 250 valence electrons. The molecule has 6 heterocycles. The van der Waals surface area contributed by atoms with Crippen LogP contribution in [0.4, 0.5) is 0 Å². The molecule has 2 amide bonds. The van der Waals surface area contributed by atoms with Crippen LogP contribution in [0.5, 0.6) is 0 Å². The second kappa shape index (κ2) is 13.9. The number of aromatic nitrogens is 6. The molecule has 13 nitrogen and oxygen atoms in total. The summed E-state index contributed by atoms with van der Waals surface area (Å²) in [5.74, 6) is -0.791. The molecule has 2 aliphatic heterocycles. The van der Waals surface area contributed by atoms with Crippen molar-refractivity contribution in [2.45, 2.75) is 51.6 Å². The highest BCUT2D eigenvalue weighted by atomic mass is 16.5. The number of nitrogens with zero attached hydrogens (tertiary/aromatic N) is 7. The van der Waals surface area contributed by atoms with Crippen molar-refractivity contribution in [2.75, 3.05) is 26.3 Å². The van der Waals surface area contributed by atoms with E-state index in [1.54, 1.807) is 19.2 Å². The van der Waals surface area contributed by atoms with Gasteiger partial charge >= 0.3 is 5.97 Å². The second-order valence-corrected chi connectivity index (χ2v) is 12.3. The number of pyridine rings is 2. The van der Waals surface area contributed by atoms with Gasteiger partial charge in [-0.1, -0.05) is 18.2 Å². The minimum Gasteiger partial charge on any atom is -0.478 e. The summed E-state index contributed by atoms with van der Waals surface area (Å²) in [6.07, 6.45) is 9.76. The predicted octanol–water partition coefficient (Wildman–Crippen LogP) is 4.27. The molecule has 1 saturated heterocycles. The standard InChI is InChI=1S/C36H36N8O5/c1-22(45)43-13-9-32-29(21-43)34(42-44(32)26-10-14-49-15-11-26)27-5-2-4-23-16-31(39-20-28(23)27)24-7-8-30(38-17-24)35(46)37-12-3-6-33-40-18-25(19-41-33)36(47)48/h2,4-5,7-8,16-20,26H,3,6,9-15,21H2,1H3,(H,37,46)(H,47,48). The Morgan fingerprint density at radius 2 is 1.82 bits per heavy atom. The maximum atomic E-state index is 12.7. The summed E-state index contributed by atoms with van der Waals surface area (Å²) in [7, 11) is 0. The van der Waals surface area contributed by atoms with Crippen LogP contribution in [0, 0.1) is 0 Å². The number of rotatable bonds is 9. The summed E-state index contributed by atoms with van der Waals surface area (Å²) in [5, 5.41) is 19.0. The van der Waals surface area contributed by atoms with Crippen LogP contribution in [-0.2, 0) is 28.9 Å². The van der Waals surface area contributed by atoms with Crippen molar-refractivity contribution in [1.82, 2.24) is 39.9 Å². The first-order valence-corrected chi connectivity index (χ1v) is 16.5. The maximum Gasteiger partial charge on any atom is 0.338 e. The van der Waals surface area contributed by atoms with Crippen molar-refractivity contribution in [2.24, 2.45) is 0 Å². The summed E-state index contributed by atoms with van der Waals surface area (Å²) in [6, 6.07) is 12.0. The number of ether oxygens (including phenoxy) is 1. The molecule has 0 atom stereocenters. The van der Waals surface area contributed by atoms with E-state index in [1.165, 1.54) is 18.1 Å². The fourth-order valence-corrected chi connectivity index (χ4v) is 6.51. The van der Waals surface area contributed by atoms with Crippen molar-refractivity contribution in [1.29, 1.82) is 0 Å². The smallest absolute Gasteiger partial charge is 0.338 e. The molecule has 0 spiro atoms. The molecule has 7 rings (SSSR count). The molecular weight excluding hydrogens is 624 g/mol. The number of benzene rings is 1. The van der Waals surface area contributed by atoms with E-state index in [0.717, 1.165) is 71.3 Å². The van der Waals surface area contributed by atoms with Crippen LogP contribution >= 0.6 is 0 Å². The Balaban J connectivity index is 1.07. The third-order valence-corrected chi connectivity index (χ3v) is 9.19. The zero-order chi connectivity index (χ0) is 33.9. The lowest BCUT2D eigenvalue weighted by Crippen LogP contribution is -2.35. The lowest BCUT2D eigenvalue weighted by molar-refractivity contribution is -0.129. The number of carbonyl (C=O) groups is 3. The van der Waals surface area contributed by atoms with Crippen LogP contribution < -0.4 is 5.32 Å². The number of carboxylic acid groups (broad SMARTS) is 1. The van der Waals surface area contributed by atoms with Crippen LogP contribution in [0.1, 0.15) is 70.2 Å². The van der Waals surface area contributed by atoms with Crippen molar-refractivity contribution in [3.8, 4) is 22.5 Å². The van der Waals surface area contributed by atoms with E-state index in [1.807, 2.05) is 29.3 Å². The molecular formula is C36H36N8O5. The third-order valence-electron chi connectivity index (χ3n) is 9.19. The van der Waals surface area contributed by atoms with Gasteiger partial charge in [-0.25, -0.2) is 14.8 Å². The number of carboxylic acids is 1. The average Bonchev–Trinajstić information content (AvgIpc) is 3.52. The van der Waals surface area contributed by atoms with Gasteiger partial charge < -0.3 is 20.1 Å². The number of fused-ring (bicyclic) bond motifs is 2. The Labute approximate surface area is 282 Å². The summed E-state index contributed by atoms with van der Waals surface area (Å²) >= 11 is 0. The van der Waals surface area contributed by atoms with Gasteiger partial charge in [0.05, 0.1) is 23.0 Å². The first-order chi connectivity index (χ1) is 23.9. The summed E-state index contributed by atoms with van der Waals surface area (Å²) in [5.41, 5.74) is 6.03. The summed E-state index contributed by atoms with van der Waals surface area (Å²) < 4.78 is 7.83. The molecule has 2 N–H and O–H groups in total. The van der Waals surface area contributed by atoms with E-state index in [9.17, 15) is 14.4 Å². The van der Waals surface area contributed by atoms with Gasteiger partial charge in [-0.3, -0.25) is 24.2 Å². The Bertz CT molecular complexity index is 2020. The number of nitrogens with one attached hydrogen (secondary N) is 1. The average molecular weight is 661 g/mol. The molecule has 0 unspecified atom stereocenters. The van der Waals surface area contributed by atoms with Crippen LogP contribution in [0.3, 0.4) is 0 Å². The minimum atomic E-state index is -1.07. The van der Waals surface area contributed by atoms with E-state index in [-0.39, 0.29) is 23.4 Å². The molecule has 5 aromatic rings. The molecule has 49 heavy (non-hydrogen) atoms. The zero-order valence-electron chi connectivity index (χ0n) is 27.1. The van der Waals surface area contributed by atoms with Gasteiger partial charge in [-0.2, -0.15) is 5.10 Å². The van der Waals surface area contributed by atoms with Gasteiger partial charge in [-0.15, -0.1) is 0 Å². The van der Waals surface area contributed by atoms with Gasteiger partial charge in [0.25, 0.3) is 5.91 Å². The third kappa shape index (κ3) is 6.74. The number of carbonyl (C=O) groups excluding carboxylic acids is 2. The van der Waals surface area contributed by atoms with Crippen molar-refractivity contribution in [3.63, 3.8) is 0 Å². The molecule has 0 bridgehead atoms. The van der Waals surface area contributed by atoms with Gasteiger partial charge in [0.1, 0.15) is 11.5 Å². The van der Waals surface area contributed by atoms with Crippen molar-refractivity contribution < 1.29 is 24.2 Å². The molecule has 4 aromatic heterocycles. The zero-order valence-corrected chi connectivity index (χ0v) is 27.1. The lowest BCUT2D eigenvalue weighted by atomic mass is 9.96. The predicted molar refractivity (Wildman–Crippen MR) is 180 cm³/mol. The van der Waals surface area contributed by atoms with Crippen molar-refractivity contribution >= 4 is 28.6 Å². The van der Waals surface area contributed by atoms with E-state index < -0.39 is 5.97 Å². The molecule has 0 radical (unpaired) electrons. The molecule has 0 saturated carbocycles. The SMILES string of the molecule is CC(=O)N1CCc2c(c(-c3cccc4cc(-c5ccc(C(=O)NCCCc6ncc(C(=O)O)cn6)nc5)ncc34)nn2C2CCOCC2)C1. The van der Waals surface area contributed by atoms with Crippen LogP contribution in [0.2, 0.25) is 0 Å². The largest absolute Gasteiger partial charge is 0.478 e. The Morgan fingerprint density at radius 3 is 2.55 bits per heavy atom. The highest BCUT2D eigenvalue weighted by molar-refractivity contribution is 5.98. The van der Waals surface area contributed by atoms with Gasteiger partial charge in [0.15, 0.2) is 0 Å². The highest BCUT2D eigenvalue weighted by Gasteiger charge is 2.30. The quantitative estimate of drug-likeness (QED) is 0.218. The van der Waals surface area contributed by atoms with Gasteiger partial charge in [-0.05, 0) is 42.8 Å². The number of hydrogen-bond donors (Lipinski definition) is 2. The van der Waals surface area contributed by atoms with Crippen LogP contribution in [0.15, 0.2) is 61.2 Å². The number of amides is 2. The number of aryl methyl sites for hydroxylation is 1. The number of hydrogen-bond acceptors (Lipinski definition) is 9. The van der Waals surface area contributed by atoms with E-state index in [0.29, 0.717) is 44.0 Å². The molecule has 1 fully saturated rings. The first kappa shape index (κ1) is 32.0. The lowest BCUT2D eigenvalue weighted by Gasteiger charge is -2.29. The van der Waals surface area contributed by atoms with Gasteiger partial charge in [0, 0.05) is 105 Å². The van der Waals surface area contributed by atoms with E-state index >= 15 is 0 Å². The van der Waals surface area contributed by atoms with Gasteiger partial charge in [0.2, 0.25) is 5.91 Å². The fraction of sp³-hybridized carbons (Fsp3) is 0.333. The normalized spacial score (nSPS) is 14.8. The Hall–Kier alpha value is -5.56. The highest BCUT2D eigenvalue weighted by Crippen LogP contribution is 2.37. The van der Waals surface area contributed by atoms with E-state index in [4.69, 9.17) is 19.9 Å². The first-order valence-electron chi connectivity index (χ1n) is 16.5. The van der Waals surface area contributed by atoms with Crippen LogP contribution in [0.25, 0.3) is 33.3 Å². The van der Waals surface area contributed by atoms with Crippen LogP contribution in [-0.4, -0.2) is 83.8 Å². The monoisotopic (exact) mass is 660 g/mol. The molecule has 1 aromatic carbocycles. The topological polar surface area (TPSA) is 165 Å². The maximum absolute atomic E-state index is 12.7. The molecule has 0 aliphatic carbocycles. The second-order valence-electron chi connectivity index (χ2n) is 12.3. The summed E-state index contributed by atoms with van der Waals surface area (Å²) in [6.45, 7) is 4.68. The summed E-state index contributed by atoms with van der Waals surface area (Å²) in [4.78, 5) is 55.2. The Kier molecular flexibility index (Phi) is 9.07. The fourth-order valence-electron chi connectivity index (χ4n) is 6.51. The molecule has 13 heteroatoms. The minimum absolute atomic E-state index is 0.0331.